The van der Waals surface area contributed by atoms with Crippen LogP contribution >= 0.6 is 15.6 Å². The Bertz CT molecular complexity index is 1460. The van der Waals surface area contributed by atoms with Gasteiger partial charge in [0.25, 0.3) is 0 Å². The van der Waals surface area contributed by atoms with E-state index in [2.05, 4.69) is 105 Å². The SMILES string of the molecule is CC/C=C\C/C=C\C/C=C\C/C=C\C/C=C\CCCCCC(=O)OCC(O)COP(=O)(O)OCC(O)COP(=O)(O)OCC(O)COC(=O)CCCCCCCCC/C=C\CCCCCC. The van der Waals surface area contributed by atoms with E-state index >= 15 is 0 Å². The Morgan fingerprint density at radius 3 is 1.08 bits per heavy atom. The van der Waals surface area contributed by atoms with Gasteiger partial charge in [0.15, 0.2) is 0 Å². The van der Waals surface area contributed by atoms with E-state index in [0.717, 1.165) is 83.5 Å². The molecule has 0 bridgehead atoms. The van der Waals surface area contributed by atoms with Crippen molar-refractivity contribution in [1.82, 2.24) is 0 Å². The van der Waals surface area contributed by atoms with Crippen LogP contribution < -0.4 is 0 Å². The van der Waals surface area contributed by atoms with Gasteiger partial charge in [0, 0.05) is 12.8 Å². The van der Waals surface area contributed by atoms with Gasteiger partial charge in [-0.15, -0.1) is 0 Å². The van der Waals surface area contributed by atoms with Crippen LogP contribution in [0, 0.1) is 0 Å². The third-order valence-electron chi connectivity index (χ3n) is 9.65. The number of carbonyl (C=O) groups excluding carboxylic acids is 2. The van der Waals surface area contributed by atoms with Crippen LogP contribution in [0.3, 0.4) is 0 Å². The van der Waals surface area contributed by atoms with Gasteiger partial charge in [-0.05, 0) is 83.5 Å². The quantitative estimate of drug-likeness (QED) is 0.0166. The Morgan fingerprint density at radius 1 is 0.409 bits per heavy atom. The summed E-state index contributed by atoms with van der Waals surface area (Å²) in [5, 5.41) is 30.0. The molecular weight excluding hydrogens is 890 g/mol. The van der Waals surface area contributed by atoms with E-state index in [1.54, 1.807) is 0 Å². The average molecular weight is 977 g/mol. The predicted octanol–water partition coefficient (Wildman–Crippen LogP) is 11.2. The molecule has 0 aliphatic rings. The number of phosphoric ester groups is 2. The fourth-order valence-corrected chi connectivity index (χ4v) is 7.47. The second-order valence-electron chi connectivity index (χ2n) is 16.1. The van der Waals surface area contributed by atoms with Crippen molar-refractivity contribution in [2.24, 2.45) is 0 Å². The van der Waals surface area contributed by atoms with Crippen LogP contribution in [0.4, 0.5) is 0 Å². The van der Waals surface area contributed by atoms with E-state index in [9.17, 15) is 43.8 Å². The summed E-state index contributed by atoms with van der Waals surface area (Å²) in [7, 11) is -9.59. The second-order valence-corrected chi connectivity index (χ2v) is 19.0. The molecule has 5 unspecified atom stereocenters. The minimum Gasteiger partial charge on any atom is -0.463 e. The highest BCUT2D eigenvalue weighted by Crippen LogP contribution is 2.45. The van der Waals surface area contributed by atoms with Gasteiger partial charge in [-0.1, -0.05) is 145 Å². The van der Waals surface area contributed by atoms with E-state index < -0.39 is 85.5 Å². The van der Waals surface area contributed by atoms with Crippen molar-refractivity contribution in [2.75, 3.05) is 39.6 Å². The molecule has 17 heteroatoms. The number of carbonyl (C=O) groups is 2. The van der Waals surface area contributed by atoms with Crippen molar-refractivity contribution in [2.45, 2.75) is 186 Å². The lowest BCUT2D eigenvalue weighted by Gasteiger charge is -2.19. The number of allylic oxidation sites excluding steroid dienone is 12. The molecule has 0 aliphatic heterocycles. The van der Waals surface area contributed by atoms with Crippen molar-refractivity contribution in [3.05, 3.63) is 72.9 Å². The molecule has 0 rings (SSSR count). The number of esters is 2. The van der Waals surface area contributed by atoms with E-state index in [4.69, 9.17) is 9.47 Å². The number of hydrogen-bond acceptors (Lipinski definition) is 13. The molecule has 0 aliphatic carbocycles. The van der Waals surface area contributed by atoms with Crippen LogP contribution in [0.1, 0.15) is 168 Å². The fraction of sp³-hybridized carbons (Fsp3) is 0.714. The van der Waals surface area contributed by atoms with Gasteiger partial charge in [0.05, 0.1) is 26.4 Å². The minimum atomic E-state index is -4.80. The number of ether oxygens (including phenoxy) is 2. The lowest BCUT2D eigenvalue weighted by molar-refractivity contribution is -0.148. The molecule has 5 N–H and O–H groups in total. The van der Waals surface area contributed by atoms with Crippen LogP contribution in [0.25, 0.3) is 0 Å². The summed E-state index contributed by atoms with van der Waals surface area (Å²) < 4.78 is 53.0. The highest BCUT2D eigenvalue weighted by Gasteiger charge is 2.28. The van der Waals surface area contributed by atoms with Crippen LogP contribution in [0.2, 0.25) is 0 Å². The topological polar surface area (TPSA) is 225 Å². The molecule has 0 saturated carbocycles. The molecule has 0 aromatic heterocycles. The maximum Gasteiger partial charge on any atom is 0.472 e. The molecule has 0 fully saturated rings. The summed E-state index contributed by atoms with van der Waals surface area (Å²) >= 11 is 0. The first-order valence-electron chi connectivity index (χ1n) is 24.3. The molecule has 0 saturated heterocycles. The smallest absolute Gasteiger partial charge is 0.463 e. The summed E-state index contributed by atoms with van der Waals surface area (Å²) in [6, 6.07) is 0. The molecule has 0 radical (unpaired) electrons. The van der Waals surface area contributed by atoms with Gasteiger partial charge in [0.2, 0.25) is 0 Å². The Kier molecular flexibility index (Phi) is 43.2. The minimum absolute atomic E-state index is 0.154. The summed E-state index contributed by atoms with van der Waals surface area (Å²) in [5.74, 6) is -1.03. The van der Waals surface area contributed by atoms with E-state index in [-0.39, 0.29) is 12.8 Å². The van der Waals surface area contributed by atoms with Crippen LogP contribution in [-0.2, 0) is 46.3 Å². The van der Waals surface area contributed by atoms with Crippen molar-refractivity contribution in [3.63, 3.8) is 0 Å². The third-order valence-corrected chi connectivity index (χ3v) is 11.5. The summed E-state index contributed by atoms with van der Waals surface area (Å²) in [4.78, 5) is 43.8. The average Bonchev–Trinajstić information content (AvgIpc) is 3.29. The third kappa shape index (κ3) is 46.6. The lowest BCUT2D eigenvalue weighted by atomic mass is 10.1. The number of aliphatic hydroxyl groups excluding tert-OH is 3. The number of hydrogen-bond donors (Lipinski definition) is 5. The molecule has 15 nitrogen and oxygen atoms in total. The van der Waals surface area contributed by atoms with Crippen LogP contribution in [0.5, 0.6) is 0 Å². The molecule has 0 aromatic rings. The maximum atomic E-state index is 12.2. The predicted molar refractivity (Wildman–Crippen MR) is 260 cm³/mol. The molecule has 0 amide bonds. The van der Waals surface area contributed by atoms with Gasteiger partial charge in [-0.3, -0.25) is 27.7 Å². The normalized spacial score (nSPS) is 15.7. The van der Waals surface area contributed by atoms with Gasteiger partial charge in [-0.25, -0.2) is 9.13 Å². The van der Waals surface area contributed by atoms with Crippen LogP contribution in [-0.4, -0.2) is 95.0 Å². The molecule has 0 heterocycles. The standard InChI is InChI=1S/C49H86O15P2/c1-3-5-7-9-11-13-15-17-19-20-21-22-24-26-28-30-32-34-36-38-49(54)60-40-46(51)42-62-66(57,58)64-44-47(52)43-63-65(55,56)61-41-45(50)39-59-48(53)37-35-33-31-29-27-25-23-18-16-14-12-10-8-6-4-2/h5,7,11,13-14,16-17,19,21-22,26,28,45-47,50-52H,3-4,6,8-10,12,15,18,20,23-25,27,29-44H2,1-2H3,(H,55,56)(H,57,58)/b7-5-,13-11-,16-14-,19-17-,22-21-,28-26-. The molecule has 382 valence electrons. The Balaban J connectivity index is 3.94. The van der Waals surface area contributed by atoms with Crippen molar-refractivity contribution in [3.8, 4) is 0 Å². The molecule has 0 spiro atoms. The number of aliphatic hydroxyl groups is 3. The first-order chi connectivity index (χ1) is 31.8. The monoisotopic (exact) mass is 977 g/mol. The van der Waals surface area contributed by atoms with Gasteiger partial charge in [-0.2, -0.15) is 0 Å². The fourth-order valence-electron chi connectivity index (χ4n) is 5.88. The Labute approximate surface area is 396 Å². The first-order valence-corrected chi connectivity index (χ1v) is 27.3. The molecule has 0 aromatic carbocycles. The number of unbranched alkanes of at least 4 members (excludes halogenated alkanes) is 14. The highest BCUT2D eigenvalue weighted by atomic mass is 31.2. The lowest BCUT2D eigenvalue weighted by Crippen LogP contribution is -2.25. The van der Waals surface area contributed by atoms with E-state index in [1.807, 2.05) is 0 Å². The molecular formula is C49H86O15P2. The van der Waals surface area contributed by atoms with Crippen molar-refractivity contribution >= 4 is 27.6 Å². The zero-order chi connectivity index (χ0) is 48.8. The number of rotatable bonds is 46. The summed E-state index contributed by atoms with van der Waals surface area (Å²) in [6.45, 7) is 0.238. The molecule has 66 heavy (non-hydrogen) atoms. The Morgan fingerprint density at radius 2 is 0.697 bits per heavy atom. The van der Waals surface area contributed by atoms with Crippen molar-refractivity contribution < 1.29 is 71.4 Å². The van der Waals surface area contributed by atoms with Gasteiger partial charge >= 0.3 is 27.6 Å². The summed E-state index contributed by atoms with van der Waals surface area (Å²) in [6.07, 6.45) is 44.6. The van der Waals surface area contributed by atoms with Crippen LogP contribution in [0.15, 0.2) is 72.9 Å². The molecule has 5 atom stereocenters. The summed E-state index contributed by atoms with van der Waals surface area (Å²) in [5.41, 5.74) is 0. The zero-order valence-corrected chi connectivity index (χ0v) is 41.9. The van der Waals surface area contributed by atoms with Crippen molar-refractivity contribution in [1.29, 1.82) is 0 Å². The first kappa shape index (κ1) is 63.5. The highest BCUT2D eigenvalue weighted by molar-refractivity contribution is 7.47. The van der Waals surface area contributed by atoms with Gasteiger partial charge < -0.3 is 34.6 Å². The van der Waals surface area contributed by atoms with E-state index in [0.29, 0.717) is 12.8 Å². The Hall–Kier alpha value is -2.52. The van der Waals surface area contributed by atoms with Gasteiger partial charge in [0.1, 0.15) is 31.5 Å². The largest absolute Gasteiger partial charge is 0.472 e. The number of phosphoric acid groups is 2. The maximum absolute atomic E-state index is 12.2. The second kappa shape index (κ2) is 45.0. The zero-order valence-electron chi connectivity index (χ0n) is 40.1. The van der Waals surface area contributed by atoms with E-state index in [1.165, 1.54) is 44.9 Å².